The summed E-state index contributed by atoms with van der Waals surface area (Å²) in [5.74, 6) is -0.464. The molecule has 0 atom stereocenters. The number of ether oxygens (including phenoxy) is 1. The molecule has 1 amide bonds. The highest BCUT2D eigenvalue weighted by atomic mass is 19.1. The number of rotatable bonds is 1. The average molecular weight is 251 g/mol. The fraction of sp³-hybridized carbons (Fsp3) is 0.333. The molecule has 2 heterocycles. The average Bonchev–Trinajstić information content (AvgIpc) is 2.58. The third-order valence-corrected chi connectivity index (χ3v) is 2.13. The van der Waals surface area contributed by atoms with Gasteiger partial charge in [0, 0.05) is 11.6 Å². The fourth-order valence-electron chi connectivity index (χ4n) is 1.49. The Morgan fingerprint density at radius 3 is 2.89 bits per heavy atom. The lowest BCUT2D eigenvalue weighted by Gasteiger charge is -2.19. The van der Waals surface area contributed by atoms with Gasteiger partial charge in [0.25, 0.3) is 0 Å². The summed E-state index contributed by atoms with van der Waals surface area (Å²) in [7, 11) is 0. The van der Waals surface area contributed by atoms with Gasteiger partial charge < -0.3 is 9.72 Å². The van der Waals surface area contributed by atoms with E-state index in [1.54, 1.807) is 27.0 Å². The molecule has 0 fully saturated rings. The Bertz CT molecular complexity index is 587. The van der Waals surface area contributed by atoms with Gasteiger partial charge in [0.1, 0.15) is 17.1 Å². The summed E-state index contributed by atoms with van der Waals surface area (Å²) < 4.78 is 18.2. The highest BCUT2D eigenvalue weighted by molar-refractivity contribution is 5.98. The van der Waals surface area contributed by atoms with Gasteiger partial charge >= 0.3 is 6.09 Å². The van der Waals surface area contributed by atoms with Gasteiger partial charge in [0.15, 0.2) is 0 Å². The predicted molar refractivity (Wildman–Crippen MR) is 65.9 cm³/mol. The number of aromatic nitrogens is 2. The van der Waals surface area contributed by atoms with E-state index in [1.807, 2.05) is 0 Å². The minimum atomic E-state index is -0.590. The minimum Gasteiger partial charge on any atom is -0.444 e. The van der Waals surface area contributed by atoms with Gasteiger partial charge in [-0.1, -0.05) is 0 Å². The number of fused-ring (bicyclic) bond motifs is 1. The molecule has 0 aliphatic carbocycles. The van der Waals surface area contributed by atoms with E-state index in [9.17, 15) is 9.18 Å². The van der Waals surface area contributed by atoms with Crippen molar-refractivity contribution in [1.29, 1.82) is 0 Å². The van der Waals surface area contributed by atoms with Crippen LogP contribution in [0.2, 0.25) is 0 Å². The predicted octanol–water partition coefficient (Wildman–Crippen LogP) is 3.05. The van der Waals surface area contributed by atoms with Gasteiger partial charge in [0.2, 0.25) is 0 Å². The maximum absolute atomic E-state index is 13.1. The zero-order valence-corrected chi connectivity index (χ0v) is 10.4. The van der Waals surface area contributed by atoms with Crippen molar-refractivity contribution in [2.45, 2.75) is 26.4 Å². The van der Waals surface area contributed by atoms with Crippen molar-refractivity contribution in [2.75, 3.05) is 5.32 Å². The number of aromatic amines is 1. The normalized spacial score (nSPS) is 11.6. The first-order chi connectivity index (χ1) is 8.35. The van der Waals surface area contributed by atoms with Crippen LogP contribution in [0.15, 0.2) is 18.5 Å². The molecule has 18 heavy (non-hydrogen) atoms. The summed E-state index contributed by atoms with van der Waals surface area (Å²) in [5.41, 5.74) is 0.355. The second-order valence-corrected chi connectivity index (χ2v) is 4.88. The molecular weight excluding hydrogens is 237 g/mol. The van der Waals surface area contributed by atoms with Crippen LogP contribution in [0.3, 0.4) is 0 Å². The van der Waals surface area contributed by atoms with Crippen LogP contribution in [-0.2, 0) is 4.74 Å². The molecule has 0 aromatic carbocycles. The number of nitrogens with zero attached hydrogens (tertiary/aromatic N) is 1. The van der Waals surface area contributed by atoms with E-state index in [0.717, 1.165) is 6.20 Å². The molecule has 5 nitrogen and oxygen atoms in total. The molecule has 2 aromatic heterocycles. The second kappa shape index (κ2) is 4.29. The number of pyridine rings is 1. The third kappa shape index (κ3) is 2.77. The van der Waals surface area contributed by atoms with Crippen molar-refractivity contribution in [1.82, 2.24) is 9.97 Å². The van der Waals surface area contributed by atoms with Crippen molar-refractivity contribution in [2.24, 2.45) is 0 Å². The minimum absolute atomic E-state index is 0.436. The number of carbonyl (C=O) groups excluding carboxylic acids is 1. The third-order valence-electron chi connectivity index (χ3n) is 2.13. The van der Waals surface area contributed by atoms with E-state index in [0.29, 0.717) is 16.7 Å². The maximum Gasteiger partial charge on any atom is 0.412 e. The number of amides is 1. The summed E-state index contributed by atoms with van der Waals surface area (Å²) in [6.45, 7) is 5.30. The first-order valence-electron chi connectivity index (χ1n) is 5.48. The van der Waals surface area contributed by atoms with Crippen molar-refractivity contribution < 1.29 is 13.9 Å². The van der Waals surface area contributed by atoms with Crippen molar-refractivity contribution in [3.05, 3.63) is 24.3 Å². The molecule has 0 saturated carbocycles. The van der Waals surface area contributed by atoms with Crippen LogP contribution in [0.4, 0.5) is 14.9 Å². The molecule has 2 N–H and O–H groups in total. The van der Waals surface area contributed by atoms with Gasteiger partial charge in [-0.3, -0.25) is 5.32 Å². The summed E-state index contributed by atoms with van der Waals surface area (Å²) in [6.07, 6.45) is 2.06. The molecular formula is C12H14FN3O2. The van der Waals surface area contributed by atoms with Gasteiger partial charge in [-0.05, 0) is 26.8 Å². The number of nitrogens with one attached hydrogen (secondary N) is 2. The molecule has 0 radical (unpaired) electrons. The number of anilines is 1. The molecule has 0 saturated heterocycles. The number of halogens is 1. The molecule has 0 spiro atoms. The van der Waals surface area contributed by atoms with Crippen LogP contribution in [0.5, 0.6) is 0 Å². The Hall–Kier alpha value is -2.11. The zero-order chi connectivity index (χ0) is 13.3. The molecule has 0 unspecified atom stereocenters. The highest BCUT2D eigenvalue weighted by Crippen LogP contribution is 2.22. The van der Waals surface area contributed by atoms with E-state index in [1.165, 1.54) is 6.07 Å². The molecule has 2 rings (SSSR count). The largest absolute Gasteiger partial charge is 0.444 e. The van der Waals surface area contributed by atoms with E-state index in [4.69, 9.17) is 4.74 Å². The SMILES string of the molecule is CC(C)(C)OC(=O)Nc1c[nH]c2ncc(F)cc12. The Morgan fingerprint density at radius 1 is 1.50 bits per heavy atom. The van der Waals surface area contributed by atoms with Gasteiger partial charge in [-0.25, -0.2) is 14.2 Å². The second-order valence-electron chi connectivity index (χ2n) is 4.88. The van der Waals surface area contributed by atoms with E-state index >= 15 is 0 Å². The monoisotopic (exact) mass is 251 g/mol. The fourth-order valence-corrected chi connectivity index (χ4v) is 1.49. The van der Waals surface area contributed by atoms with Crippen LogP contribution >= 0.6 is 0 Å². The number of hydrogen-bond donors (Lipinski definition) is 2. The summed E-state index contributed by atoms with van der Waals surface area (Å²) >= 11 is 0. The van der Waals surface area contributed by atoms with Crippen molar-refractivity contribution in [3.63, 3.8) is 0 Å². The standard InChI is InChI=1S/C12H14FN3O2/c1-12(2,3)18-11(17)16-9-6-15-10-8(9)4-7(13)5-14-10/h4-6H,1-3H3,(H,14,15)(H,16,17). The molecule has 6 heteroatoms. The number of hydrogen-bond acceptors (Lipinski definition) is 3. The Morgan fingerprint density at radius 2 is 2.22 bits per heavy atom. The van der Waals surface area contributed by atoms with Gasteiger partial charge in [-0.2, -0.15) is 0 Å². The van der Waals surface area contributed by atoms with Crippen molar-refractivity contribution >= 4 is 22.8 Å². The molecule has 96 valence electrons. The van der Waals surface area contributed by atoms with E-state index < -0.39 is 17.5 Å². The highest BCUT2D eigenvalue weighted by Gasteiger charge is 2.17. The van der Waals surface area contributed by atoms with Gasteiger partial charge in [0.05, 0.1) is 11.9 Å². The quantitative estimate of drug-likeness (QED) is 0.818. The molecule has 0 aliphatic rings. The Labute approximate surface area is 103 Å². The molecule has 2 aromatic rings. The van der Waals surface area contributed by atoms with Crippen LogP contribution in [0.1, 0.15) is 20.8 Å². The van der Waals surface area contributed by atoms with E-state index in [2.05, 4.69) is 15.3 Å². The van der Waals surface area contributed by atoms with E-state index in [-0.39, 0.29) is 0 Å². The lowest BCUT2D eigenvalue weighted by molar-refractivity contribution is 0.0636. The summed E-state index contributed by atoms with van der Waals surface area (Å²) in [4.78, 5) is 18.3. The number of H-pyrrole nitrogens is 1. The Balaban J connectivity index is 2.22. The lowest BCUT2D eigenvalue weighted by atomic mass is 10.2. The smallest absolute Gasteiger partial charge is 0.412 e. The molecule has 0 bridgehead atoms. The van der Waals surface area contributed by atoms with Crippen LogP contribution < -0.4 is 5.32 Å². The lowest BCUT2D eigenvalue weighted by Crippen LogP contribution is -2.27. The van der Waals surface area contributed by atoms with Crippen LogP contribution in [-0.4, -0.2) is 21.7 Å². The number of carbonyl (C=O) groups is 1. The van der Waals surface area contributed by atoms with Crippen molar-refractivity contribution in [3.8, 4) is 0 Å². The topological polar surface area (TPSA) is 67.0 Å². The summed E-state index contributed by atoms with van der Waals surface area (Å²) in [5, 5.41) is 3.05. The molecule has 0 aliphatic heterocycles. The Kier molecular flexibility index (Phi) is 2.94. The first-order valence-corrected chi connectivity index (χ1v) is 5.48. The van der Waals surface area contributed by atoms with Crippen LogP contribution in [0, 0.1) is 5.82 Å². The zero-order valence-electron chi connectivity index (χ0n) is 10.4. The van der Waals surface area contributed by atoms with Gasteiger partial charge in [-0.15, -0.1) is 0 Å². The maximum atomic E-state index is 13.1. The summed E-state index contributed by atoms with van der Waals surface area (Å²) in [6, 6.07) is 1.30. The van der Waals surface area contributed by atoms with Crippen LogP contribution in [0.25, 0.3) is 11.0 Å². The first kappa shape index (κ1) is 12.3.